The van der Waals surface area contributed by atoms with Crippen LogP contribution in [0.1, 0.15) is 11.4 Å². The van der Waals surface area contributed by atoms with E-state index in [9.17, 15) is 0 Å². The van der Waals surface area contributed by atoms with Gasteiger partial charge in [0, 0.05) is 35.6 Å². The summed E-state index contributed by atoms with van der Waals surface area (Å²) in [4.78, 5) is 13.2. The first-order valence-corrected chi connectivity index (χ1v) is 11.6. The molecule has 158 valence electrons. The molecular weight excluding hydrogens is 428 g/mol. The summed E-state index contributed by atoms with van der Waals surface area (Å²) in [5.41, 5.74) is 3.45. The molecule has 1 aliphatic rings. The average molecular weight is 451 g/mol. The van der Waals surface area contributed by atoms with Crippen molar-refractivity contribution in [3.05, 3.63) is 76.4 Å². The average Bonchev–Trinajstić information content (AvgIpc) is 3.23. The number of aromatic nitrogens is 2. The number of rotatable bonds is 6. The maximum Gasteiger partial charge on any atom is 0.146 e. The summed E-state index contributed by atoms with van der Waals surface area (Å²) in [5, 5.41) is 7.55. The normalized spacial score (nSPS) is 14.7. The van der Waals surface area contributed by atoms with Crippen molar-refractivity contribution in [3.8, 4) is 11.1 Å². The van der Waals surface area contributed by atoms with Crippen LogP contribution < -0.4 is 5.32 Å². The summed E-state index contributed by atoms with van der Waals surface area (Å²) < 4.78 is 5.48. The minimum atomic E-state index is 0.647. The quantitative estimate of drug-likeness (QED) is 0.423. The molecule has 0 aliphatic carbocycles. The van der Waals surface area contributed by atoms with Crippen LogP contribution in [-0.2, 0) is 17.8 Å². The summed E-state index contributed by atoms with van der Waals surface area (Å²) in [6.07, 6.45) is 0. The Morgan fingerprint density at radius 1 is 1.03 bits per heavy atom. The van der Waals surface area contributed by atoms with E-state index < -0.39 is 0 Å². The van der Waals surface area contributed by atoms with Gasteiger partial charge < -0.3 is 10.1 Å². The number of fused-ring (bicyclic) bond motifs is 1. The Kier molecular flexibility index (Phi) is 6.13. The molecule has 0 radical (unpaired) electrons. The molecule has 4 aromatic rings. The van der Waals surface area contributed by atoms with Crippen LogP contribution in [0.5, 0.6) is 0 Å². The van der Waals surface area contributed by atoms with Crippen LogP contribution in [0.3, 0.4) is 0 Å². The molecule has 2 aromatic heterocycles. The summed E-state index contributed by atoms with van der Waals surface area (Å²) in [5.74, 6) is 1.71. The first-order valence-electron chi connectivity index (χ1n) is 10.4. The first kappa shape index (κ1) is 20.4. The van der Waals surface area contributed by atoms with Crippen LogP contribution in [0.15, 0.2) is 60.0 Å². The topological polar surface area (TPSA) is 50.3 Å². The molecule has 5 nitrogen and oxygen atoms in total. The number of halogens is 1. The van der Waals surface area contributed by atoms with Gasteiger partial charge in [0.05, 0.1) is 25.1 Å². The third kappa shape index (κ3) is 4.72. The Balaban J connectivity index is 1.52. The molecule has 3 heterocycles. The van der Waals surface area contributed by atoms with E-state index in [-0.39, 0.29) is 0 Å². The highest BCUT2D eigenvalue weighted by Crippen LogP contribution is 2.37. The maximum absolute atomic E-state index is 6.18. The zero-order valence-corrected chi connectivity index (χ0v) is 18.6. The number of benzene rings is 2. The molecule has 2 aromatic carbocycles. The van der Waals surface area contributed by atoms with Crippen molar-refractivity contribution in [2.75, 3.05) is 31.6 Å². The number of hydrogen-bond acceptors (Lipinski definition) is 6. The van der Waals surface area contributed by atoms with E-state index in [1.54, 1.807) is 11.3 Å². The molecular formula is C24H23ClN4OS. The van der Waals surface area contributed by atoms with Gasteiger partial charge in [-0.25, -0.2) is 9.97 Å². The molecule has 1 saturated heterocycles. The summed E-state index contributed by atoms with van der Waals surface area (Å²) in [6.45, 7) is 4.72. The van der Waals surface area contributed by atoms with Crippen molar-refractivity contribution in [1.82, 2.24) is 14.9 Å². The van der Waals surface area contributed by atoms with Gasteiger partial charge in [-0.15, -0.1) is 11.3 Å². The number of morpholine rings is 1. The Morgan fingerprint density at radius 2 is 1.87 bits per heavy atom. The number of nitrogens with zero attached hydrogens (tertiary/aromatic N) is 3. The van der Waals surface area contributed by atoms with Gasteiger partial charge in [-0.05, 0) is 23.3 Å². The van der Waals surface area contributed by atoms with Gasteiger partial charge >= 0.3 is 0 Å². The standard InChI is InChI=1S/C24H23ClN4OS/c25-19-8-4-5-17(13-19)14-26-23-22-20(18-6-2-1-3-7-18)16-31-24(22)28-21(27-23)15-29-9-11-30-12-10-29/h1-8,13,16H,9-12,14-15H2,(H,26,27,28). The van der Waals surface area contributed by atoms with Gasteiger partial charge in [-0.1, -0.05) is 54.1 Å². The fourth-order valence-corrected chi connectivity index (χ4v) is 4.99. The second-order valence-electron chi connectivity index (χ2n) is 7.56. The minimum absolute atomic E-state index is 0.647. The molecule has 0 unspecified atom stereocenters. The highest BCUT2D eigenvalue weighted by Gasteiger charge is 2.18. The van der Waals surface area contributed by atoms with Gasteiger partial charge in [0.15, 0.2) is 0 Å². The van der Waals surface area contributed by atoms with E-state index in [1.807, 2.05) is 24.3 Å². The zero-order valence-electron chi connectivity index (χ0n) is 17.1. The Bertz CT molecular complexity index is 1170. The molecule has 7 heteroatoms. The number of hydrogen-bond donors (Lipinski definition) is 1. The van der Waals surface area contributed by atoms with E-state index in [1.165, 1.54) is 5.56 Å². The molecule has 0 spiro atoms. The Hall–Kier alpha value is -2.51. The lowest BCUT2D eigenvalue weighted by Gasteiger charge is -2.25. The molecule has 0 bridgehead atoms. The molecule has 1 fully saturated rings. The zero-order chi connectivity index (χ0) is 21.0. The van der Waals surface area contributed by atoms with Crippen LogP contribution in [-0.4, -0.2) is 41.2 Å². The van der Waals surface area contributed by atoms with Crippen LogP contribution in [0.4, 0.5) is 5.82 Å². The second-order valence-corrected chi connectivity index (χ2v) is 8.85. The van der Waals surface area contributed by atoms with Crippen molar-refractivity contribution in [2.45, 2.75) is 13.1 Å². The Morgan fingerprint density at radius 3 is 2.68 bits per heavy atom. The van der Waals surface area contributed by atoms with E-state index in [0.29, 0.717) is 6.54 Å². The SMILES string of the molecule is Clc1cccc(CNc2nc(CN3CCOCC3)nc3scc(-c4ccccc4)c23)c1. The van der Waals surface area contributed by atoms with E-state index in [4.69, 9.17) is 26.3 Å². The summed E-state index contributed by atoms with van der Waals surface area (Å²) in [7, 11) is 0. The first-order chi connectivity index (χ1) is 15.3. The fourth-order valence-electron chi connectivity index (χ4n) is 3.81. The molecule has 31 heavy (non-hydrogen) atoms. The van der Waals surface area contributed by atoms with E-state index in [2.05, 4.69) is 45.9 Å². The summed E-state index contributed by atoms with van der Waals surface area (Å²) in [6, 6.07) is 18.3. The van der Waals surface area contributed by atoms with Crippen molar-refractivity contribution >= 4 is 39.0 Å². The van der Waals surface area contributed by atoms with Crippen LogP contribution >= 0.6 is 22.9 Å². The number of nitrogens with one attached hydrogen (secondary N) is 1. The van der Waals surface area contributed by atoms with Crippen molar-refractivity contribution in [3.63, 3.8) is 0 Å². The molecule has 0 atom stereocenters. The van der Waals surface area contributed by atoms with Crippen molar-refractivity contribution in [1.29, 1.82) is 0 Å². The largest absolute Gasteiger partial charge is 0.379 e. The number of thiophene rings is 1. The molecule has 5 rings (SSSR count). The highest BCUT2D eigenvalue weighted by molar-refractivity contribution is 7.17. The molecule has 0 amide bonds. The lowest BCUT2D eigenvalue weighted by molar-refractivity contribution is 0.0331. The third-order valence-corrected chi connectivity index (χ3v) is 6.49. The van der Waals surface area contributed by atoms with Gasteiger partial charge in [-0.3, -0.25) is 4.90 Å². The van der Waals surface area contributed by atoms with Gasteiger partial charge in [0.25, 0.3) is 0 Å². The van der Waals surface area contributed by atoms with E-state index >= 15 is 0 Å². The lowest BCUT2D eigenvalue weighted by atomic mass is 10.1. The second kappa shape index (κ2) is 9.32. The fraction of sp³-hybridized carbons (Fsp3) is 0.250. The Labute approximate surface area is 190 Å². The minimum Gasteiger partial charge on any atom is -0.379 e. The van der Waals surface area contributed by atoms with Crippen LogP contribution in [0.25, 0.3) is 21.3 Å². The van der Waals surface area contributed by atoms with Gasteiger partial charge in [0.2, 0.25) is 0 Å². The van der Waals surface area contributed by atoms with Crippen molar-refractivity contribution in [2.24, 2.45) is 0 Å². The predicted molar refractivity (Wildman–Crippen MR) is 128 cm³/mol. The van der Waals surface area contributed by atoms with Gasteiger partial charge in [0.1, 0.15) is 16.5 Å². The van der Waals surface area contributed by atoms with Crippen LogP contribution in [0.2, 0.25) is 5.02 Å². The molecule has 1 aliphatic heterocycles. The van der Waals surface area contributed by atoms with Gasteiger partial charge in [-0.2, -0.15) is 0 Å². The van der Waals surface area contributed by atoms with E-state index in [0.717, 1.165) is 70.9 Å². The van der Waals surface area contributed by atoms with Crippen molar-refractivity contribution < 1.29 is 4.74 Å². The highest BCUT2D eigenvalue weighted by atomic mass is 35.5. The molecule has 0 saturated carbocycles. The number of ether oxygens (including phenoxy) is 1. The monoisotopic (exact) mass is 450 g/mol. The smallest absolute Gasteiger partial charge is 0.146 e. The van der Waals surface area contributed by atoms with Crippen LogP contribution in [0, 0.1) is 0 Å². The number of anilines is 1. The predicted octanol–water partition coefficient (Wildman–Crippen LogP) is 5.46. The summed E-state index contributed by atoms with van der Waals surface area (Å²) >= 11 is 7.84. The lowest BCUT2D eigenvalue weighted by Crippen LogP contribution is -2.36. The molecule has 1 N–H and O–H groups in total. The third-order valence-electron chi connectivity index (χ3n) is 5.38. The maximum atomic E-state index is 6.18.